The largest absolute Gasteiger partial charge is 0.428 e. The SMILES string of the molecule is CNCCO.O=S(=O)(O)C(F)(F)C(F)F. The number of likely N-dealkylation sites (N-methyl/N-ethyl adjacent to an activating group) is 1. The van der Waals surface area contributed by atoms with E-state index in [0.717, 1.165) is 0 Å². The molecule has 10 heteroatoms. The van der Waals surface area contributed by atoms with E-state index in [4.69, 9.17) is 9.66 Å². The normalized spacial score (nSPS) is 12.3. The smallest absolute Gasteiger partial charge is 0.395 e. The zero-order valence-electron chi connectivity index (χ0n) is 7.62. The standard InChI is InChI=1S/C3H9NO.C2H2F4O3S/c1-4-2-3-5;3-1(4)2(5,6)10(7,8)9/h4-5H,2-3H2,1H3;1H,(H,7,8,9). The molecule has 0 heterocycles. The summed E-state index contributed by atoms with van der Waals surface area (Å²) in [4.78, 5) is 0. The summed E-state index contributed by atoms with van der Waals surface area (Å²) < 4.78 is 71.3. The third kappa shape index (κ3) is 6.60. The summed E-state index contributed by atoms with van der Waals surface area (Å²) in [6.07, 6.45) is -4.41. The molecular formula is C5H11F4NO4S. The van der Waals surface area contributed by atoms with Crippen LogP contribution in [0.5, 0.6) is 0 Å². The Bertz CT molecular complexity index is 254. The number of rotatable bonds is 4. The number of aliphatic hydroxyl groups excluding tert-OH is 1. The summed E-state index contributed by atoms with van der Waals surface area (Å²) in [6.45, 7) is 0.927. The minimum Gasteiger partial charge on any atom is -0.395 e. The molecule has 0 rings (SSSR count). The summed E-state index contributed by atoms with van der Waals surface area (Å²) in [5, 5.41) is 5.40. The summed E-state index contributed by atoms with van der Waals surface area (Å²) in [5.41, 5.74) is 0. The molecule has 0 radical (unpaired) electrons. The zero-order chi connectivity index (χ0) is 12.7. The number of hydrogen-bond donors (Lipinski definition) is 3. The molecule has 0 bridgehead atoms. The van der Waals surface area contributed by atoms with Gasteiger partial charge in [0.1, 0.15) is 0 Å². The Morgan fingerprint density at radius 3 is 1.80 bits per heavy atom. The van der Waals surface area contributed by atoms with Crippen LogP contribution in [-0.4, -0.2) is 50.0 Å². The molecule has 0 spiro atoms. The number of alkyl halides is 4. The van der Waals surface area contributed by atoms with Gasteiger partial charge in [0.25, 0.3) is 0 Å². The second kappa shape index (κ2) is 6.93. The van der Waals surface area contributed by atoms with Gasteiger partial charge in [0, 0.05) is 6.54 Å². The van der Waals surface area contributed by atoms with Gasteiger partial charge in [-0.15, -0.1) is 0 Å². The van der Waals surface area contributed by atoms with Crippen molar-refractivity contribution in [3.8, 4) is 0 Å². The van der Waals surface area contributed by atoms with Gasteiger partial charge in [-0.05, 0) is 7.05 Å². The molecule has 0 amide bonds. The molecule has 0 saturated carbocycles. The predicted octanol–water partition coefficient (Wildman–Crippen LogP) is -0.0698. The van der Waals surface area contributed by atoms with Crippen LogP contribution in [0.1, 0.15) is 0 Å². The maximum Gasteiger partial charge on any atom is 0.428 e. The van der Waals surface area contributed by atoms with Crippen LogP contribution >= 0.6 is 0 Å². The Balaban J connectivity index is 0. The molecule has 15 heavy (non-hydrogen) atoms. The fraction of sp³-hybridized carbons (Fsp3) is 1.00. The van der Waals surface area contributed by atoms with Gasteiger partial charge >= 0.3 is 21.8 Å². The number of nitrogens with one attached hydrogen (secondary N) is 1. The van der Waals surface area contributed by atoms with Gasteiger partial charge in [-0.3, -0.25) is 4.55 Å². The van der Waals surface area contributed by atoms with Gasteiger partial charge in [-0.1, -0.05) is 0 Å². The fourth-order valence-electron chi connectivity index (χ4n) is 0.224. The monoisotopic (exact) mass is 257 g/mol. The lowest BCUT2D eigenvalue weighted by molar-refractivity contribution is -0.0687. The topological polar surface area (TPSA) is 86.6 Å². The van der Waals surface area contributed by atoms with E-state index in [-0.39, 0.29) is 6.61 Å². The highest BCUT2D eigenvalue weighted by atomic mass is 32.2. The van der Waals surface area contributed by atoms with Crippen molar-refractivity contribution >= 4 is 10.1 Å². The summed E-state index contributed by atoms with van der Waals surface area (Å²) in [5.74, 6) is 0. The van der Waals surface area contributed by atoms with E-state index in [0.29, 0.717) is 6.54 Å². The molecule has 0 aromatic heterocycles. The quantitative estimate of drug-likeness (QED) is 0.485. The Morgan fingerprint density at radius 2 is 1.80 bits per heavy atom. The Hall–Kier alpha value is -0.450. The lowest BCUT2D eigenvalue weighted by Gasteiger charge is -2.09. The van der Waals surface area contributed by atoms with Crippen LogP contribution in [0.3, 0.4) is 0 Å². The minimum atomic E-state index is -5.98. The average molecular weight is 257 g/mol. The molecule has 94 valence electrons. The molecule has 3 N–H and O–H groups in total. The lowest BCUT2D eigenvalue weighted by atomic mass is 10.7. The summed E-state index contributed by atoms with van der Waals surface area (Å²) in [7, 11) is -4.18. The molecule has 0 unspecified atom stereocenters. The van der Waals surface area contributed by atoms with Crippen molar-refractivity contribution in [2.45, 2.75) is 11.7 Å². The minimum absolute atomic E-state index is 0.233. The van der Waals surface area contributed by atoms with Crippen molar-refractivity contribution in [3.63, 3.8) is 0 Å². The van der Waals surface area contributed by atoms with Gasteiger partial charge in [-0.2, -0.15) is 17.2 Å². The first-order valence-corrected chi connectivity index (χ1v) is 4.93. The second-order valence-electron chi connectivity index (χ2n) is 2.16. The van der Waals surface area contributed by atoms with Crippen LogP contribution in [0.2, 0.25) is 0 Å². The molecule has 5 nitrogen and oxygen atoms in total. The molecular weight excluding hydrogens is 246 g/mol. The average Bonchev–Trinajstić information content (AvgIpc) is 2.04. The molecule has 0 aliphatic carbocycles. The van der Waals surface area contributed by atoms with E-state index in [2.05, 4.69) is 5.32 Å². The Morgan fingerprint density at radius 1 is 1.40 bits per heavy atom. The van der Waals surface area contributed by atoms with Crippen molar-refractivity contribution in [2.75, 3.05) is 20.2 Å². The first-order chi connectivity index (χ1) is 6.61. The molecule has 0 aliphatic heterocycles. The molecule has 0 saturated heterocycles. The highest BCUT2D eigenvalue weighted by Gasteiger charge is 2.53. The maximum absolute atomic E-state index is 11.5. The van der Waals surface area contributed by atoms with E-state index in [1.807, 2.05) is 0 Å². The van der Waals surface area contributed by atoms with Crippen molar-refractivity contribution in [1.29, 1.82) is 0 Å². The number of hydrogen-bond acceptors (Lipinski definition) is 4. The number of aliphatic hydroxyl groups is 1. The molecule has 0 atom stereocenters. The van der Waals surface area contributed by atoms with Crippen molar-refractivity contribution in [3.05, 3.63) is 0 Å². The van der Waals surface area contributed by atoms with Gasteiger partial charge in [0.2, 0.25) is 0 Å². The Kier molecular flexibility index (Phi) is 7.83. The van der Waals surface area contributed by atoms with E-state index in [9.17, 15) is 26.0 Å². The third-order valence-corrected chi connectivity index (χ3v) is 1.83. The maximum atomic E-state index is 11.5. The van der Waals surface area contributed by atoms with Crippen LogP contribution in [0.25, 0.3) is 0 Å². The van der Waals surface area contributed by atoms with Gasteiger partial charge in [0.15, 0.2) is 0 Å². The first-order valence-electron chi connectivity index (χ1n) is 3.49. The summed E-state index contributed by atoms with van der Waals surface area (Å²) in [6, 6.07) is 0. The van der Waals surface area contributed by atoms with Crippen LogP contribution < -0.4 is 5.32 Å². The van der Waals surface area contributed by atoms with E-state index >= 15 is 0 Å². The van der Waals surface area contributed by atoms with E-state index in [1.165, 1.54) is 0 Å². The van der Waals surface area contributed by atoms with Crippen molar-refractivity contribution < 1.29 is 35.6 Å². The van der Waals surface area contributed by atoms with Crippen molar-refractivity contribution in [1.82, 2.24) is 5.32 Å². The fourth-order valence-corrected chi connectivity index (χ4v) is 0.450. The third-order valence-electron chi connectivity index (χ3n) is 0.960. The molecule has 0 aliphatic rings. The van der Waals surface area contributed by atoms with Crippen LogP contribution in [0.4, 0.5) is 17.6 Å². The Labute approximate surface area is 83.8 Å². The number of halogens is 4. The molecule has 0 aromatic rings. The molecule has 0 aromatic carbocycles. The van der Waals surface area contributed by atoms with E-state index < -0.39 is 21.8 Å². The van der Waals surface area contributed by atoms with E-state index in [1.54, 1.807) is 7.05 Å². The van der Waals surface area contributed by atoms with Crippen LogP contribution in [0.15, 0.2) is 0 Å². The molecule has 0 fully saturated rings. The summed E-state index contributed by atoms with van der Waals surface area (Å²) >= 11 is 0. The highest BCUT2D eigenvalue weighted by Crippen LogP contribution is 2.27. The van der Waals surface area contributed by atoms with Gasteiger partial charge in [-0.25, -0.2) is 8.78 Å². The van der Waals surface area contributed by atoms with Crippen LogP contribution in [-0.2, 0) is 10.1 Å². The zero-order valence-corrected chi connectivity index (χ0v) is 8.44. The second-order valence-corrected chi connectivity index (χ2v) is 3.66. The van der Waals surface area contributed by atoms with Crippen LogP contribution in [0, 0.1) is 0 Å². The lowest BCUT2D eigenvalue weighted by Crippen LogP contribution is -2.35. The highest BCUT2D eigenvalue weighted by molar-refractivity contribution is 7.86. The van der Waals surface area contributed by atoms with Gasteiger partial charge in [0.05, 0.1) is 6.61 Å². The first kappa shape index (κ1) is 17.0. The van der Waals surface area contributed by atoms with Gasteiger partial charge < -0.3 is 10.4 Å². The predicted molar refractivity (Wildman–Crippen MR) is 43.5 cm³/mol. The van der Waals surface area contributed by atoms with Crippen molar-refractivity contribution in [2.24, 2.45) is 0 Å².